The van der Waals surface area contributed by atoms with Gasteiger partial charge in [0, 0.05) is 36.9 Å². The minimum absolute atomic E-state index is 0.0636. The summed E-state index contributed by atoms with van der Waals surface area (Å²) in [6.45, 7) is 16.2. The molecule has 0 fully saturated rings. The van der Waals surface area contributed by atoms with Crippen LogP contribution in [0.3, 0.4) is 0 Å². The molecule has 0 radical (unpaired) electrons. The van der Waals surface area contributed by atoms with Crippen molar-refractivity contribution in [2.75, 3.05) is 13.1 Å². The lowest BCUT2D eigenvalue weighted by atomic mass is 10.1. The third-order valence-corrected chi connectivity index (χ3v) is 4.41. The third-order valence-electron chi connectivity index (χ3n) is 4.41. The molecule has 1 N–H and O–H groups in total. The molecule has 25 heavy (non-hydrogen) atoms. The number of aromatic nitrogens is 3. The largest absolute Gasteiger partial charge is 0.351 e. The SMILES string of the molecule is Cc1cc(C(=O)NCCN(C(C)C)C(C)C)c2cnn(C(C)C)c2n1. The second-order valence-electron chi connectivity index (χ2n) is 7.41. The topological polar surface area (TPSA) is 63.1 Å². The molecule has 0 unspecified atom stereocenters. The Balaban J connectivity index is 2.17. The van der Waals surface area contributed by atoms with E-state index < -0.39 is 0 Å². The number of carbonyl (C=O) groups excluding carboxylic acids is 1. The van der Waals surface area contributed by atoms with Gasteiger partial charge in [-0.15, -0.1) is 0 Å². The van der Waals surface area contributed by atoms with Crippen molar-refractivity contribution in [2.24, 2.45) is 0 Å². The zero-order valence-electron chi connectivity index (χ0n) is 16.5. The monoisotopic (exact) mass is 345 g/mol. The zero-order chi connectivity index (χ0) is 18.7. The highest BCUT2D eigenvalue weighted by Crippen LogP contribution is 2.20. The van der Waals surface area contributed by atoms with E-state index in [9.17, 15) is 4.79 Å². The highest BCUT2D eigenvalue weighted by atomic mass is 16.1. The molecule has 1 amide bonds. The Morgan fingerprint density at radius 1 is 1.20 bits per heavy atom. The summed E-state index contributed by atoms with van der Waals surface area (Å²) in [7, 11) is 0. The van der Waals surface area contributed by atoms with Gasteiger partial charge in [-0.3, -0.25) is 9.69 Å². The molecule has 0 saturated heterocycles. The molecular formula is C19H31N5O. The Hall–Kier alpha value is -1.95. The van der Waals surface area contributed by atoms with Crippen LogP contribution in [0, 0.1) is 6.92 Å². The Morgan fingerprint density at radius 2 is 1.84 bits per heavy atom. The molecule has 6 heteroatoms. The predicted octanol–water partition coefficient (Wildman–Crippen LogP) is 3.17. The molecule has 2 aromatic heterocycles. The van der Waals surface area contributed by atoms with Gasteiger partial charge in [-0.2, -0.15) is 5.10 Å². The summed E-state index contributed by atoms with van der Waals surface area (Å²) in [6, 6.07) is 2.95. The van der Waals surface area contributed by atoms with Crippen LogP contribution >= 0.6 is 0 Å². The van der Waals surface area contributed by atoms with Gasteiger partial charge in [-0.1, -0.05) is 0 Å². The number of pyridine rings is 1. The van der Waals surface area contributed by atoms with Crippen LogP contribution in [-0.2, 0) is 0 Å². The fraction of sp³-hybridized carbons (Fsp3) is 0.632. The van der Waals surface area contributed by atoms with Gasteiger partial charge in [-0.05, 0) is 54.5 Å². The van der Waals surface area contributed by atoms with Gasteiger partial charge in [0.2, 0.25) is 0 Å². The Labute approximate surface area is 150 Å². The molecule has 0 aliphatic heterocycles. The second kappa shape index (κ2) is 7.95. The van der Waals surface area contributed by atoms with E-state index in [-0.39, 0.29) is 11.9 Å². The number of hydrogen-bond acceptors (Lipinski definition) is 4. The molecular weight excluding hydrogens is 314 g/mol. The van der Waals surface area contributed by atoms with Crippen LogP contribution in [0.1, 0.15) is 63.6 Å². The lowest BCUT2D eigenvalue weighted by molar-refractivity contribution is 0.0941. The Bertz CT molecular complexity index is 725. The van der Waals surface area contributed by atoms with E-state index in [1.54, 1.807) is 6.20 Å². The van der Waals surface area contributed by atoms with Gasteiger partial charge < -0.3 is 5.32 Å². The zero-order valence-corrected chi connectivity index (χ0v) is 16.5. The molecule has 138 valence electrons. The van der Waals surface area contributed by atoms with Crippen molar-refractivity contribution < 1.29 is 4.79 Å². The number of amides is 1. The quantitative estimate of drug-likeness (QED) is 0.837. The molecule has 0 bridgehead atoms. The van der Waals surface area contributed by atoms with Gasteiger partial charge >= 0.3 is 0 Å². The van der Waals surface area contributed by atoms with E-state index in [0.29, 0.717) is 24.2 Å². The molecule has 0 aromatic carbocycles. The fourth-order valence-corrected chi connectivity index (χ4v) is 3.22. The van der Waals surface area contributed by atoms with Crippen LogP contribution in [0.5, 0.6) is 0 Å². The maximum absolute atomic E-state index is 12.7. The van der Waals surface area contributed by atoms with Gasteiger partial charge in [-0.25, -0.2) is 9.67 Å². The number of nitrogens with one attached hydrogen (secondary N) is 1. The summed E-state index contributed by atoms with van der Waals surface area (Å²) in [6.07, 6.45) is 1.74. The van der Waals surface area contributed by atoms with Crippen molar-refractivity contribution in [2.45, 2.75) is 66.6 Å². The molecule has 2 aromatic rings. The molecule has 0 aliphatic carbocycles. The Morgan fingerprint density at radius 3 is 2.40 bits per heavy atom. The number of nitrogens with zero attached hydrogens (tertiary/aromatic N) is 4. The van der Waals surface area contributed by atoms with Crippen LogP contribution in [0.15, 0.2) is 12.3 Å². The van der Waals surface area contributed by atoms with Crippen molar-refractivity contribution in [3.05, 3.63) is 23.5 Å². The van der Waals surface area contributed by atoms with Crippen LogP contribution in [0.25, 0.3) is 11.0 Å². The van der Waals surface area contributed by atoms with Crippen LogP contribution in [-0.4, -0.2) is 50.7 Å². The molecule has 0 spiro atoms. The smallest absolute Gasteiger partial charge is 0.252 e. The lowest BCUT2D eigenvalue weighted by Gasteiger charge is -2.30. The van der Waals surface area contributed by atoms with E-state index in [2.05, 4.69) is 61.8 Å². The highest BCUT2D eigenvalue weighted by Gasteiger charge is 2.18. The van der Waals surface area contributed by atoms with Crippen molar-refractivity contribution in [3.63, 3.8) is 0 Å². The summed E-state index contributed by atoms with van der Waals surface area (Å²) < 4.78 is 1.86. The van der Waals surface area contributed by atoms with Gasteiger partial charge in [0.1, 0.15) is 0 Å². The molecule has 0 aliphatic rings. The first-order valence-electron chi connectivity index (χ1n) is 9.11. The summed E-state index contributed by atoms with van der Waals surface area (Å²) in [4.78, 5) is 19.6. The fourth-order valence-electron chi connectivity index (χ4n) is 3.22. The number of fused-ring (bicyclic) bond motifs is 1. The number of aryl methyl sites for hydroxylation is 1. The normalized spacial score (nSPS) is 12.1. The lowest BCUT2D eigenvalue weighted by Crippen LogP contribution is -2.42. The van der Waals surface area contributed by atoms with Crippen molar-refractivity contribution in [3.8, 4) is 0 Å². The predicted molar refractivity (Wildman–Crippen MR) is 102 cm³/mol. The molecule has 2 rings (SSSR count). The molecule has 0 atom stereocenters. The van der Waals surface area contributed by atoms with E-state index in [1.807, 2.05) is 17.7 Å². The van der Waals surface area contributed by atoms with Crippen LogP contribution in [0.4, 0.5) is 0 Å². The van der Waals surface area contributed by atoms with Crippen molar-refractivity contribution in [1.29, 1.82) is 0 Å². The first kappa shape index (κ1) is 19.4. The average molecular weight is 345 g/mol. The first-order valence-corrected chi connectivity index (χ1v) is 9.11. The van der Waals surface area contributed by atoms with Gasteiger partial charge in [0.15, 0.2) is 5.65 Å². The van der Waals surface area contributed by atoms with E-state index in [1.165, 1.54) is 0 Å². The van der Waals surface area contributed by atoms with Crippen LogP contribution < -0.4 is 5.32 Å². The molecule has 0 saturated carbocycles. The van der Waals surface area contributed by atoms with E-state index in [0.717, 1.165) is 23.3 Å². The average Bonchev–Trinajstić information content (AvgIpc) is 2.93. The first-order chi connectivity index (χ1) is 11.7. The maximum Gasteiger partial charge on any atom is 0.252 e. The number of rotatable bonds is 7. The number of hydrogen-bond donors (Lipinski definition) is 1. The van der Waals surface area contributed by atoms with Crippen molar-refractivity contribution >= 4 is 16.9 Å². The minimum Gasteiger partial charge on any atom is -0.351 e. The number of carbonyl (C=O) groups is 1. The van der Waals surface area contributed by atoms with E-state index >= 15 is 0 Å². The Kier molecular flexibility index (Phi) is 6.16. The maximum atomic E-state index is 12.7. The summed E-state index contributed by atoms with van der Waals surface area (Å²) in [5, 5.41) is 8.26. The van der Waals surface area contributed by atoms with Crippen molar-refractivity contribution in [1.82, 2.24) is 25.0 Å². The minimum atomic E-state index is -0.0636. The second-order valence-corrected chi connectivity index (χ2v) is 7.41. The summed E-state index contributed by atoms with van der Waals surface area (Å²) >= 11 is 0. The standard InChI is InChI=1S/C19H31N5O/c1-12(2)23(13(3)4)9-8-20-19(25)16-10-15(7)22-18-17(16)11-21-24(18)14(5)6/h10-14H,8-9H2,1-7H3,(H,20,25). The van der Waals surface area contributed by atoms with Crippen LogP contribution in [0.2, 0.25) is 0 Å². The van der Waals surface area contributed by atoms with E-state index in [4.69, 9.17) is 0 Å². The van der Waals surface area contributed by atoms with Gasteiger partial charge in [0.25, 0.3) is 5.91 Å². The van der Waals surface area contributed by atoms with Gasteiger partial charge in [0.05, 0.1) is 17.1 Å². The molecule has 2 heterocycles. The summed E-state index contributed by atoms with van der Waals surface area (Å²) in [5.74, 6) is -0.0636. The molecule has 6 nitrogen and oxygen atoms in total. The third kappa shape index (κ3) is 4.37. The summed E-state index contributed by atoms with van der Waals surface area (Å²) in [5.41, 5.74) is 2.24. The highest BCUT2D eigenvalue weighted by molar-refractivity contribution is 6.05.